The third-order valence-electron chi connectivity index (χ3n) is 2.53. The van der Waals surface area contributed by atoms with E-state index in [2.05, 4.69) is 0 Å². The Labute approximate surface area is 103 Å². The number of amides is 1. The smallest absolute Gasteiger partial charge is 0.331 e. The molecule has 0 fully saturated rings. The van der Waals surface area contributed by atoms with Crippen molar-refractivity contribution in [3.63, 3.8) is 0 Å². The quantitative estimate of drug-likeness (QED) is 0.782. The molecule has 0 saturated heterocycles. The summed E-state index contributed by atoms with van der Waals surface area (Å²) in [6.07, 6.45) is 0.369. The normalized spacial score (nSPS) is 12.2. The van der Waals surface area contributed by atoms with Gasteiger partial charge in [-0.1, -0.05) is 0 Å². The van der Waals surface area contributed by atoms with E-state index in [9.17, 15) is 19.1 Å². The molecule has 0 aliphatic heterocycles. The zero-order valence-corrected chi connectivity index (χ0v) is 10.0. The molecule has 0 radical (unpaired) electrons. The lowest BCUT2D eigenvalue weighted by Gasteiger charge is -2.29. The lowest BCUT2D eigenvalue weighted by molar-refractivity contribution is -0.148. The maximum Gasteiger partial charge on any atom is 0.331 e. The van der Waals surface area contributed by atoms with E-state index in [0.29, 0.717) is 6.41 Å². The molecule has 5 nitrogen and oxygen atoms in total. The van der Waals surface area contributed by atoms with Crippen LogP contribution in [0.25, 0.3) is 0 Å². The van der Waals surface area contributed by atoms with Gasteiger partial charge < -0.3 is 15.1 Å². The summed E-state index contributed by atoms with van der Waals surface area (Å²) in [4.78, 5) is 23.2. The minimum atomic E-state index is -1.42. The van der Waals surface area contributed by atoms with Crippen molar-refractivity contribution in [2.24, 2.45) is 0 Å². The molecule has 0 aliphatic carbocycles. The summed E-state index contributed by atoms with van der Waals surface area (Å²) in [6.45, 7) is 3.25. The fourth-order valence-corrected chi connectivity index (χ4v) is 1.65. The highest BCUT2D eigenvalue weighted by Gasteiger charge is 2.30. The molecular weight excluding hydrogens is 241 g/mol. The van der Waals surface area contributed by atoms with Crippen LogP contribution in [0.1, 0.15) is 25.5 Å². The third kappa shape index (κ3) is 2.77. The molecule has 0 heterocycles. The molecule has 98 valence electrons. The molecule has 6 heteroatoms. The molecule has 1 aromatic carbocycles. The third-order valence-corrected chi connectivity index (χ3v) is 2.53. The van der Waals surface area contributed by atoms with Gasteiger partial charge in [-0.25, -0.2) is 9.18 Å². The first kappa shape index (κ1) is 14.0. The van der Waals surface area contributed by atoms with Crippen molar-refractivity contribution >= 4 is 12.4 Å². The van der Waals surface area contributed by atoms with Gasteiger partial charge in [-0.15, -0.1) is 0 Å². The van der Waals surface area contributed by atoms with Gasteiger partial charge >= 0.3 is 5.97 Å². The number of halogens is 1. The van der Waals surface area contributed by atoms with E-state index in [1.807, 2.05) is 0 Å². The average Bonchev–Trinajstić information content (AvgIpc) is 2.28. The predicted molar refractivity (Wildman–Crippen MR) is 61.5 cm³/mol. The lowest BCUT2D eigenvalue weighted by atomic mass is 10.0. The second kappa shape index (κ2) is 5.48. The molecule has 0 bridgehead atoms. The number of nitrogens with zero attached hydrogens (tertiary/aromatic N) is 1. The largest absolute Gasteiger partial charge is 0.508 e. The van der Waals surface area contributed by atoms with Gasteiger partial charge in [-0.05, 0) is 32.0 Å². The Morgan fingerprint density at radius 1 is 1.44 bits per heavy atom. The van der Waals surface area contributed by atoms with E-state index in [4.69, 9.17) is 5.11 Å². The maximum absolute atomic E-state index is 13.1. The molecule has 0 aromatic heterocycles. The number of hydrogen-bond donors (Lipinski definition) is 2. The molecular formula is C12H14FNO4. The first-order chi connectivity index (χ1) is 8.38. The van der Waals surface area contributed by atoms with E-state index in [0.717, 1.165) is 23.1 Å². The highest BCUT2D eigenvalue weighted by Crippen LogP contribution is 2.30. The van der Waals surface area contributed by atoms with Crippen LogP contribution in [0.15, 0.2) is 18.2 Å². The summed E-state index contributed by atoms with van der Waals surface area (Å²) >= 11 is 0. The zero-order valence-electron chi connectivity index (χ0n) is 10.0. The van der Waals surface area contributed by atoms with Gasteiger partial charge in [-0.3, -0.25) is 4.79 Å². The van der Waals surface area contributed by atoms with Crippen molar-refractivity contribution in [1.29, 1.82) is 0 Å². The second-order valence-electron chi connectivity index (χ2n) is 4.09. The van der Waals surface area contributed by atoms with Crippen LogP contribution >= 0.6 is 0 Å². The molecule has 1 amide bonds. The van der Waals surface area contributed by atoms with Gasteiger partial charge in [-0.2, -0.15) is 0 Å². The zero-order chi connectivity index (χ0) is 13.9. The van der Waals surface area contributed by atoms with Gasteiger partial charge in [0.15, 0.2) is 6.04 Å². The van der Waals surface area contributed by atoms with E-state index in [-0.39, 0.29) is 11.3 Å². The van der Waals surface area contributed by atoms with Crippen LogP contribution in [-0.2, 0) is 9.59 Å². The number of benzene rings is 1. The summed E-state index contributed by atoms with van der Waals surface area (Å²) in [5.74, 6) is -2.38. The molecule has 0 saturated carbocycles. The SMILES string of the molecule is CC(C)N(C=O)C(C(=O)O)c1cc(F)ccc1O. The summed E-state index contributed by atoms with van der Waals surface area (Å²) in [5, 5.41) is 18.8. The fraction of sp³-hybridized carbons (Fsp3) is 0.333. The van der Waals surface area contributed by atoms with E-state index in [1.54, 1.807) is 13.8 Å². The molecule has 1 aromatic rings. The van der Waals surface area contributed by atoms with Gasteiger partial charge in [0.05, 0.1) is 0 Å². The molecule has 2 N–H and O–H groups in total. The number of hydrogen-bond acceptors (Lipinski definition) is 3. The Balaban J connectivity index is 3.31. The Bertz CT molecular complexity index is 461. The Morgan fingerprint density at radius 2 is 2.06 bits per heavy atom. The number of carbonyl (C=O) groups excluding carboxylic acids is 1. The van der Waals surface area contributed by atoms with Gasteiger partial charge in [0.2, 0.25) is 6.41 Å². The predicted octanol–water partition coefficient (Wildman–Crippen LogP) is 1.52. The number of carboxylic acids is 1. The van der Waals surface area contributed by atoms with E-state index >= 15 is 0 Å². The number of carbonyl (C=O) groups is 2. The van der Waals surface area contributed by atoms with Crippen molar-refractivity contribution in [1.82, 2.24) is 4.90 Å². The standard InChI is InChI=1S/C12H14FNO4/c1-7(2)14(6-15)11(12(17)18)9-5-8(13)3-4-10(9)16/h3-7,11,16H,1-2H3,(H,17,18). The van der Waals surface area contributed by atoms with Crippen LogP contribution < -0.4 is 0 Å². The topological polar surface area (TPSA) is 77.8 Å². The number of aromatic hydroxyl groups is 1. The number of carboxylic acid groups (broad SMARTS) is 1. The molecule has 0 aliphatic rings. The summed E-state index contributed by atoms with van der Waals surface area (Å²) in [5.41, 5.74) is -0.150. The van der Waals surface area contributed by atoms with Crippen molar-refractivity contribution in [3.8, 4) is 5.75 Å². The number of aliphatic carboxylic acids is 1. The van der Waals surface area contributed by atoms with Crippen LogP contribution in [0.4, 0.5) is 4.39 Å². The van der Waals surface area contributed by atoms with Gasteiger partial charge in [0.1, 0.15) is 11.6 Å². The van der Waals surface area contributed by atoms with E-state index < -0.39 is 23.9 Å². The summed E-state index contributed by atoms with van der Waals surface area (Å²) < 4.78 is 13.1. The van der Waals surface area contributed by atoms with Crippen LogP contribution in [0.5, 0.6) is 5.75 Å². The molecule has 18 heavy (non-hydrogen) atoms. The van der Waals surface area contributed by atoms with E-state index in [1.165, 1.54) is 0 Å². The first-order valence-electron chi connectivity index (χ1n) is 5.32. The molecule has 1 unspecified atom stereocenters. The van der Waals surface area contributed by atoms with Crippen molar-refractivity contribution < 1.29 is 24.2 Å². The Hall–Kier alpha value is -2.11. The molecule has 0 spiro atoms. The lowest BCUT2D eigenvalue weighted by Crippen LogP contribution is -2.38. The summed E-state index contributed by atoms with van der Waals surface area (Å²) in [6, 6.07) is 1.17. The first-order valence-corrected chi connectivity index (χ1v) is 5.32. The Morgan fingerprint density at radius 3 is 2.50 bits per heavy atom. The van der Waals surface area contributed by atoms with Gasteiger partial charge in [0.25, 0.3) is 0 Å². The highest BCUT2D eigenvalue weighted by molar-refractivity contribution is 5.79. The maximum atomic E-state index is 13.1. The average molecular weight is 255 g/mol. The Kier molecular flexibility index (Phi) is 4.25. The van der Waals surface area contributed by atoms with Crippen LogP contribution in [0, 0.1) is 5.82 Å². The fourth-order valence-electron chi connectivity index (χ4n) is 1.65. The van der Waals surface area contributed by atoms with Crippen LogP contribution in [0.3, 0.4) is 0 Å². The van der Waals surface area contributed by atoms with Crippen molar-refractivity contribution in [2.45, 2.75) is 25.9 Å². The van der Waals surface area contributed by atoms with Crippen molar-refractivity contribution in [2.75, 3.05) is 0 Å². The number of phenols is 1. The van der Waals surface area contributed by atoms with Crippen molar-refractivity contribution in [3.05, 3.63) is 29.6 Å². The monoisotopic (exact) mass is 255 g/mol. The second-order valence-corrected chi connectivity index (χ2v) is 4.09. The molecule has 1 atom stereocenters. The van der Waals surface area contributed by atoms with Crippen LogP contribution in [-0.4, -0.2) is 33.5 Å². The van der Waals surface area contributed by atoms with Gasteiger partial charge in [0, 0.05) is 11.6 Å². The number of rotatable bonds is 5. The molecule has 1 rings (SSSR count). The number of phenolic OH excluding ortho intramolecular Hbond substituents is 1. The van der Waals surface area contributed by atoms with Crippen LogP contribution in [0.2, 0.25) is 0 Å². The minimum Gasteiger partial charge on any atom is -0.508 e. The summed E-state index contributed by atoms with van der Waals surface area (Å²) in [7, 11) is 0. The minimum absolute atomic E-state index is 0.150. The highest BCUT2D eigenvalue weighted by atomic mass is 19.1.